The van der Waals surface area contributed by atoms with Crippen LogP contribution < -0.4 is 5.73 Å². The third kappa shape index (κ3) is 5.14. The number of rotatable bonds is 7. The minimum atomic E-state index is 0.109. The van der Waals surface area contributed by atoms with Crippen molar-refractivity contribution < 1.29 is 9.21 Å². The van der Waals surface area contributed by atoms with Crippen LogP contribution in [-0.2, 0) is 11.3 Å². The summed E-state index contributed by atoms with van der Waals surface area (Å²) in [5.74, 6) is 3.10. The Morgan fingerprint density at radius 1 is 1.56 bits per heavy atom. The fourth-order valence-electron chi connectivity index (χ4n) is 1.42. The predicted molar refractivity (Wildman–Crippen MR) is 75.5 cm³/mol. The zero-order valence-corrected chi connectivity index (χ0v) is 12.1. The fraction of sp³-hybridized carbons (Fsp3) is 0.615. The molecular weight excluding hydrogens is 248 g/mol. The summed E-state index contributed by atoms with van der Waals surface area (Å²) < 4.78 is 5.44. The first kappa shape index (κ1) is 15.1. The van der Waals surface area contributed by atoms with Gasteiger partial charge in [0.25, 0.3) is 0 Å². The lowest BCUT2D eigenvalue weighted by molar-refractivity contribution is -0.127. The van der Waals surface area contributed by atoms with E-state index in [9.17, 15) is 4.79 Å². The Balaban J connectivity index is 2.28. The first-order chi connectivity index (χ1) is 8.52. The van der Waals surface area contributed by atoms with Gasteiger partial charge in [0.2, 0.25) is 5.91 Å². The number of thioether (sulfide) groups is 1. The van der Waals surface area contributed by atoms with Crippen LogP contribution in [0.5, 0.6) is 0 Å². The number of carbonyl (C=O) groups excluding carboxylic acids is 1. The van der Waals surface area contributed by atoms with Crippen molar-refractivity contribution in [3.8, 4) is 0 Å². The fourth-order valence-corrected chi connectivity index (χ4v) is 2.47. The van der Waals surface area contributed by atoms with Gasteiger partial charge in [0.05, 0.1) is 12.3 Å². The zero-order valence-electron chi connectivity index (χ0n) is 11.3. The molecule has 1 heterocycles. The van der Waals surface area contributed by atoms with Gasteiger partial charge in [-0.25, -0.2) is 0 Å². The van der Waals surface area contributed by atoms with Crippen LogP contribution in [0.25, 0.3) is 0 Å². The number of furan rings is 1. The van der Waals surface area contributed by atoms with Crippen molar-refractivity contribution in [2.75, 3.05) is 18.6 Å². The molecule has 1 rings (SSSR count). The maximum absolute atomic E-state index is 11.8. The van der Waals surface area contributed by atoms with Crippen LogP contribution in [0.1, 0.15) is 24.9 Å². The SMILES string of the molecule is CCC(N)CSCC(=O)N(C)Cc1ccc(C)o1. The molecule has 0 aliphatic rings. The molecule has 4 nitrogen and oxygen atoms in total. The molecule has 0 saturated carbocycles. The number of nitrogens with zero attached hydrogens (tertiary/aromatic N) is 1. The molecule has 18 heavy (non-hydrogen) atoms. The second-order valence-electron chi connectivity index (χ2n) is 4.45. The smallest absolute Gasteiger partial charge is 0.232 e. The number of amides is 1. The Labute approximate surface area is 113 Å². The minimum absolute atomic E-state index is 0.109. The summed E-state index contributed by atoms with van der Waals surface area (Å²) in [5, 5.41) is 0. The van der Waals surface area contributed by atoms with E-state index < -0.39 is 0 Å². The molecule has 0 radical (unpaired) electrons. The van der Waals surface area contributed by atoms with E-state index in [2.05, 4.69) is 6.92 Å². The van der Waals surface area contributed by atoms with Crippen LogP contribution in [0.15, 0.2) is 16.5 Å². The highest BCUT2D eigenvalue weighted by molar-refractivity contribution is 7.99. The molecule has 1 aromatic rings. The lowest BCUT2D eigenvalue weighted by Crippen LogP contribution is -2.29. The van der Waals surface area contributed by atoms with Crippen LogP contribution in [0.2, 0.25) is 0 Å². The number of hydrogen-bond acceptors (Lipinski definition) is 4. The van der Waals surface area contributed by atoms with Crippen molar-refractivity contribution >= 4 is 17.7 Å². The van der Waals surface area contributed by atoms with Gasteiger partial charge >= 0.3 is 0 Å². The van der Waals surface area contributed by atoms with Crippen molar-refractivity contribution in [2.45, 2.75) is 32.9 Å². The summed E-state index contributed by atoms with van der Waals surface area (Å²) in [6.45, 7) is 4.47. The van der Waals surface area contributed by atoms with Crippen LogP contribution >= 0.6 is 11.8 Å². The zero-order chi connectivity index (χ0) is 13.5. The molecule has 0 saturated heterocycles. The summed E-state index contributed by atoms with van der Waals surface area (Å²) in [4.78, 5) is 13.5. The topological polar surface area (TPSA) is 59.5 Å². The van der Waals surface area contributed by atoms with Gasteiger partial charge in [-0.1, -0.05) is 6.92 Å². The molecule has 5 heteroatoms. The van der Waals surface area contributed by atoms with Gasteiger partial charge in [0.15, 0.2) is 0 Å². The highest BCUT2D eigenvalue weighted by Crippen LogP contribution is 2.10. The molecule has 102 valence electrons. The third-order valence-corrected chi connectivity index (χ3v) is 3.81. The Hall–Kier alpha value is -0.940. The van der Waals surface area contributed by atoms with Crippen molar-refractivity contribution in [1.29, 1.82) is 0 Å². The summed E-state index contributed by atoms with van der Waals surface area (Å²) in [7, 11) is 1.79. The summed E-state index contributed by atoms with van der Waals surface area (Å²) in [6.07, 6.45) is 0.947. The lowest BCUT2D eigenvalue weighted by Gasteiger charge is -2.16. The second-order valence-corrected chi connectivity index (χ2v) is 5.48. The van der Waals surface area contributed by atoms with E-state index in [1.165, 1.54) is 0 Å². The average Bonchev–Trinajstić information content (AvgIpc) is 2.74. The van der Waals surface area contributed by atoms with Gasteiger partial charge < -0.3 is 15.1 Å². The third-order valence-electron chi connectivity index (χ3n) is 2.70. The van der Waals surface area contributed by atoms with Gasteiger partial charge in [-0.15, -0.1) is 0 Å². The summed E-state index contributed by atoms with van der Waals surface area (Å²) in [6, 6.07) is 3.99. The van der Waals surface area contributed by atoms with Crippen LogP contribution in [-0.4, -0.2) is 35.4 Å². The van der Waals surface area contributed by atoms with E-state index in [0.717, 1.165) is 23.7 Å². The number of aryl methyl sites for hydroxylation is 1. The van der Waals surface area contributed by atoms with E-state index in [-0.39, 0.29) is 11.9 Å². The van der Waals surface area contributed by atoms with E-state index in [0.29, 0.717) is 12.3 Å². The molecule has 1 amide bonds. The van der Waals surface area contributed by atoms with Crippen LogP contribution in [0.3, 0.4) is 0 Å². The van der Waals surface area contributed by atoms with Crippen molar-refractivity contribution in [2.24, 2.45) is 5.73 Å². The second kappa shape index (κ2) is 7.48. The maximum atomic E-state index is 11.8. The molecule has 2 N–H and O–H groups in total. The Morgan fingerprint density at radius 2 is 2.28 bits per heavy atom. The summed E-state index contributed by atoms with van der Waals surface area (Å²) in [5.41, 5.74) is 5.80. The number of hydrogen-bond donors (Lipinski definition) is 1. The molecule has 0 aromatic carbocycles. The van der Waals surface area contributed by atoms with Gasteiger partial charge in [0, 0.05) is 18.8 Å². The Bertz CT molecular complexity index is 379. The van der Waals surface area contributed by atoms with Gasteiger partial charge in [-0.2, -0.15) is 11.8 Å². The normalized spacial score (nSPS) is 12.4. The van der Waals surface area contributed by atoms with Crippen LogP contribution in [0, 0.1) is 6.92 Å². The summed E-state index contributed by atoms with van der Waals surface area (Å²) >= 11 is 1.59. The van der Waals surface area contributed by atoms with E-state index in [1.807, 2.05) is 19.1 Å². The quantitative estimate of drug-likeness (QED) is 0.823. The van der Waals surface area contributed by atoms with E-state index in [4.69, 9.17) is 10.2 Å². The molecule has 0 aliphatic carbocycles. The molecule has 0 aliphatic heterocycles. The maximum Gasteiger partial charge on any atom is 0.232 e. The average molecular weight is 270 g/mol. The Kier molecular flexibility index (Phi) is 6.29. The molecule has 1 unspecified atom stereocenters. The first-order valence-corrected chi connectivity index (χ1v) is 7.31. The molecule has 1 atom stereocenters. The van der Waals surface area contributed by atoms with Gasteiger partial charge in [0.1, 0.15) is 11.5 Å². The van der Waals surface area contributed by atoms with Crippen molar-refractivity contribution in [3.63, 3.8) is 0 Å². The highest BCUT2D eigenvalue weighted by atomic mass is 32.2. The monoisotopic (exact) mass is 270 g/mol. The number of carbonyl (C=O) groups is 1. The van der Waals surface area contributed by atoms with Gasteiger partial charge in [-0.05, 0) is 25.5 Å². The van der Waals surface area contributed by atoms with Crippen molar-refractivity contribution in [1.82, 2.24) is 4.90 Å². The molecule has 0 bridgehead atoms. The highest BCUT2D eigenvalue weighted by Gasteiger charge is 2.11. The predicted octanol–water partition coefficient (Wildman–Crippen LogP) is 2.02. The molecule has 1 aromatic heterocycles. The molecule has 0 fully saturated rings. The minimum Gasteiger partial charge on any atom is -0.464 e. The largest absolute Gasteiger partial charge is 0.464 e. The van der Waals surface area contributed by atoms with Crippen molar-refractivity contribution in [3.05, 3.63) is 23.7 Å². The standard InChI is InChI=1S/C13H22N2O2S/c1-4-11(14)8-18-9-13(16)15(3)7-12-6-5-10(2)17-12/h5-6,11H,4,7-9,14H2,1-3H3. The molecule has 0 spiro atoms. The first-order valence-electron chi connectivity index (χ1n) is 6.15. The number of nitrogens with two attached hydrogens (primary N) is 1. The Morgan fingerprint density at radius 3 is 2.83 bits per heavy atom. The van der Waals surface area contributed by atoms with E-state index in [1.54, 1.807) is 23.7 Å². The van der Waals surface area contributed by atoms with E-state index >= 15 is 0 Å². The van der Waals surface area contributed by atoms with Crippen LogP contribution in [0.4, 0.5) is 0 Å². The van der Waals surface area contributed by atoms with Gasteiger partial charge in [-0.3, -0.25) is 4.79 Å². The molecular formula is C13H22N2O2S. The lowest BCUT2D eigenvalue weighted by atomic mass is 10.3.